The Kier molecular flexibility index (Phi) is 4.68. The molecule has 1 fully saturated rings. The maximum atomic E-state index is 12.2. The lowest BCUT2D eigenvalue weighted by Crippen LogP contribution is -2.34. The molecule has 0 aromatic heterocycles. The zero-order valence-electron chi connectivity index (χ0n) is 12.6. The van der Waals surface area contributed by atoms with Crippen molar-refractivity contribution in [1.29, 1.82) is 0 Å². The van der Waals surface area contributed by atoms with Crippen LogP contribution in [-0.2, 0) is 10.0 Å². The molecule has 1 amide bonds. The summed E-state index contributed by atoms with van der Waals surface area (Å²) in [6, 6.07) is 6.06. The SMILES string of the molecule is CC(C)NS(=O)(=O)c1cccc(C(=O)NC(C)C2CC2)c1. The fourth-order valence-corrected chi connectivity index (χ4v) is 3.48. The molecule has 0 heterocycles. The third kappa shape index (κ3) is 4.28. The van der Waals surface area contributed by atoms with E-state index in [9.17, 15) is 13.2 Å². The first-order valence-corrected chi connectivity index (χ1v) is 8.71. The first kappa shape index (κ1) is 16.0. The molecule has 116 valence electrons. The number of benzene rings is 1. The van der Waals surface area contributed by atoms with Crippen LogP contribution in [0.4, 0.5) is 0 Å². The highest BCUT2D eigenvalue weighted by molar-refractivity contribution is 7.89. The average Bonchev–Trinajstić information content (AvgIpc) is 3.21. The van der Waals surface area contributed by atoms with Crippen LogP contribution in [0, 0.1) is 5.92 Å². The predicted molar refractivity (Wildman–Crippen MR) is 81.6 cm³/mol. The minimum Gasteiger partial charge on any atom is -0.349 e. The molecule has 0 spiro atoms. The number of hydrogen-bond donors (Lipinski definition) is 2. The summed E-state index contributed by atoms with van der Waals surface area (Å²) in [5, 5.41) is 2.92. The van der Waals surface area contributed by atoms with E-state index in [1.54, 1.807) is 26.0 Å². The van der Waals surface area contributed by atoms with Crippen LogP contribution >= 0.6 is 0 Å². The highest BCUT2D eigenvalue weighted by Gasteiger charge is 2.29. The van der Waals surface area contributed by atoms with Gasteiger partial charge in [-0.2, -0.15) is 0 Å². The van der Waals surface area contributed by atoms with Crippen molar-refractivity contribution in [3.05, 3.63) is 29.8 Å². The highest BCUT2D eigenvalue weighted by atomic mass is 32.2. The van der Waals surface area contributed by atoms with E-state index >= 15 is 0 Å². The molecule has 0 aliphatic heterocycles. The topological polar surface area (TPSA) is 75.3 Å². The Balaban J connectivity index is 2.15. The van der Waals surface area contributed by atoms with E-state index in [-0.39, 0.29) is 22.9 Å². The predicted octanol–water partition coefficient (Wildman–Crippen LogP) is 1.90. The summed E-state index contributed by atoms with van der Waals surface area (Å²) in [5.74, 6) is 0.333. The van der Waals surface area contributed by atoms with Crippen LogP contribution in [-0.4, -0.2) is 26.4 Å². The Morgan fingerprint density at radius 3 is 2.48 bits per heavy atom. The van der Waals surface area contributed by atoms with Crippen LogP contribution in [0.2, 0.25) is 0 Å². The molecule has 0 radical (unpaired) electrons. The van der Waals surface area contributed by atoms with E-state index in [2.05, 4.69) is 10.0 Å². The van der Waals surface area contributed by atoms with E-state index < -0.39 is 10.0 Å². The normalized spacial score (nSPS) is 16.8. The molecule has 0 bridgehead atoms. The van der Waals surface area contributed by atoms with Crippen LogP contribution in [0.1, 0.15) is 44.0 Å². The van der Waals surface area contributed by atoms with Crippen molar-refractivity contribution >= 4 is 15.9 Å². The van der Waals surface area contributed by atoms with Crippen LogP contribution in [0.5, 0.6) is 0 Å². The fourth-order valence-electron chi connectivity index (χ4n) is 2.19. The van der Waals surface area contributed by atoms with Gasteiger partial charge in [0.25, 0.3) is 5.91 Å². The molecule has 1 aliphatic rings. The van der Waals surface area contributed by atoms with Crippen molar-refractivity contribution < 1.29 is 13.2 Å². The van der Waals surface area contributed by atoms with E-state index in [0.717, 1.165) is 12.8 Å². The molecule has 21 heavy (non-hydrogen) atoms. The smallest absolute Gasteiger partial charge is 0.251 e. The van der Waals surface area contributed by atoms with E-state index in [1.165, 1.54) is 12.1 Å². The fraction of sp³-hybridized carbons (Fsp3) is 0.533. The van der Waals surface area contributed by atoms with Crippen molar-refractivity contribution in [1.82, 2.24) is 10.0 Å². The largest absolute Gasteiger partial charge is 0.349 e. The van der Waals surface area contributed by atoms with Gasteiger partial charge in [-0.1, -0.05) is 6.07 Å². The van der Waals surface area contributed by atoms with Gasteiger partial charge < -0.3 is 5.32 Å². The monoisotopic (exact) mass is 310 g/mol. The molecule has 1 aromatic carbocycles. The second-order valence-corrected chi connectivity index (χ2v) is 7.62. The lowest BCUT2D eigenvalue weighted by atomic mass is 10.1. The summed E-state index contributed by atoms with van der Waals surface area (Å²) in [7, 11) is -3.58. The third-order valence-electron chi connectivity index (χ3n) is 3.49. The number of carbonyl (C=O) groups is 1. The Hall–Kier alpha value is -1.40. The van der Waals surface area contributed by atoms with Crippen molar-refractivity contribution in [3.63, 3.8) is 0 Å². The van der Waals surface area contributed by atoms with Gasteiger partial charge in [-0.05, 0) is 57.7 Å². The van der Waals surface area contributed by atoms with Crippen LogP contribution < -0.4 is 10.0 Å². The van der Waals surface area contributed by atoms with Crippen molar-refractivity contribution in [2.45, 2.75) is 50.6 Å². The van der Waals surface area contributed by atoms with Gasteiger partial charge in [-0.3, -0.25) is 4.79 Å². The molecule has 1 saturated carbocycles. The number of rotatable bonds is 6. The number of nitrogens with one attached hydrogen (secondary N) is 2. The molecule has 2 rings (SSSR count). The average molecular weight is 310 g/mol. The van der Waals surface area contributed by atoms with Gasteiger partial charge in [-0.15, -0.1) is 0 Å². The minimum absolute atomic E-state index is 0.114. The molecule has 1 aromatic rings. The number of sulfonamides is 1. The summed E-state index contributed by atoms with van der Waals surface area (Å²) < 4.78 is 26.7. The zero-order chi connectivity index (χ0) is 15.6. The van der Waals surface area contributed by atoms with Gasteiger partial charge in [-0.25, -0.2) is 13.1 Å². The quantitative estimate of drug-likeness (QED) is 0.842. The molecular formula is C15H22N2O3S. The summed E-state index contributed by atoms with van der Waals surface area (Å²) in [6.45, 7) is 5.49. The molecule has 2 N–H and O–H groups in total. The Morgan fingerprint density at radius 1 is 1.24 bits per heavy atom. The molecule has 1 unspecified atom stereocenters. The second-order valence-electron chi connectivity index (χ2n) is 5.90. The van der Waals surface area contributed by atoms with Gasteiger partial charge in [0.2, 0.25) is 10.0 Å². The zero-order valence-corrected chi connectivity index (χ0v) is 13.4. The summed E-state index contributed by atoms with van der Waals surface area (Å²) in [4.78, 5) is 12.3. The van der Waals surface area contributed by atoms with Gasteiger partial charge in [0.1, 0.15) is 0 Å². The molecule has 6 heteroatoms. The Labute approximate surface area is 126 Å². The number of carbonyl (C=O) groups excluding carboxylic acids is 1. The van der Waals surface area contributed by atoms with Gasteiger partial charge in [0, 0.05) is 17.6 Å². The molecule has 0 saturated heterocycles. The summed E-state index contributed by atoms with van der Waals surface area (Å²) in [5.41, 5.74) is 0.370. The van der Waals surface area contributed by atoms with Crippen molar-refractivity contribution in [2.75, 3.05) is 0 Å². The van der Waals surface area contributed by atoms with E-state index in [1.807, 2.05) is 6.92 Å². The van der Waals surface area contributed by atoms with Gasteiger partial charge in [0.05, 0.1) is 4.90 Å². The molecular weight excluding hydrogens is 288 g/mol. The van der Waals surface area contributed by atoms with Crippen LogP contribution in [0.15, 0.2) is 29.2 Å². The second kappa shape index (κ2) is 6.15. The molecule has 5 nitrogen and oxygen atoms in total. The first-order chi connectivity index (χ1) is 9.79. The van der Waals surface area contributed by atoms with Crippen molar-refractivity contribution in [2.24, 2.45) is 5.92 Å². The van der Waals surface area contributed by atoms with Crippen LogP contribution in [0.3, 0.4) is 0 Å². The Bertz CT molecular complexity index is 622. The van der Waals surface area contributed by atoms with Crippen molar-refractivity contribution in [3.8, 4) is 0 Å². The molecule has 1 atom stereocenters. The lowest BCUT2D eigenvalue weighted by molar-refractivity contribution is 0.0935. The summed E-state index contributed by atoms with van der Waals surface area (Å²) in [6.07, 6.45) is 2.29. The van der Waals surface area contributed by atoms with Gasteiger partial charge in [0.15, 0.2) is 0 Å². The minimum atomic E-state index is -3.58. The standard InChI is InChI=1S/C15H22N2O3S/c1-10(2)17-21(19,20)14-6-4-5-13(9-14)15(18)16-11(3)12-7-8-12/h4-6,9-12,17H,7-8H2,1-3H3,(H,16,18). The van der Waals surface area contributed by atoms with E-state index in [4.69, 9.17) is 0 Å². The number of amides is 1. The van der Waals surface area contributed by atoms with E-state index in [0.29, 0.717) is 11.5 Å². The maximum absolute atomic E-state index is 12.2. The third-order valence-corrected chi connectivity index (χ3v) is 5.14. The Morgan fingerprint density at radius 2 is 1.90 bits per heavy atom. The lowest BCUT2D eigenvalue weighted by Gasteiger charge is -2.14. The van der Waals surface area contributed by atoms with Gasteiger partial charge >= 0.3 is 0 Å². The highest BCUT2D eigenvalue weighted by Crippen LogP contribution is 2.32. The summed E-state index contributed by atoms with van der Waals surface area (Å²) >= 11 is 0. The van der Waals surface area contributed by atoms with Crippen LogP contribution in [0.25, 0.3) is 0 Å². The first-order valence-electron chi connectivity index (χ1n) is 7.23. The molecule has 1 aliphatic carbocycles. The number of hydrogen-bond acceptors (Lipinski definition) is 3. The maximum Gasteiger partial charge on any atom is 0.251 e.